The maximum Gasteiger partial charge on any atom is 0.352 e. The lowest BCUT2D eigenvalue weighted by molar-refractivity contribution is 0.101. The van der Waals surface area contributed by atoms with Gasteiger partial charge in [-0.05, 0) is 87.3 Å². The molecule has 52 heavy (non-hydrogen) atoms. The van der Waals surface area contributed by atoms with Crippen molar-refractivity contribution in [3.63, 3.8) is 0 Å². The van der Waals surface area contributed by atoms with Crippen LogP contribution in [-0.2, 0) is 6.54 Å². The van der Waals surface area contributed by atoms with E-state index in [-0.39, 0.29) is 18.0 Å². The molecule has 5 aromatic rings. The molecule has 1 aliphatic heterocycles. The number of nitrogens with one attached hydrogen (secondary N) is 1. The SMILES string of the molecule is CCCCn1c(=O)c(C(=O)Nc2ccc(Oc3ccnc4cc(OC)c(OCCCN5CCCCC5)cc34)c(F)c2)nn(-c2ccc(Br)cc2)c1=O. The van der Waals surface area contributed by atoms with Crippen molar-refractivity contribution in [2.45, 2.75) is 52.0 Å². The number of piperidine rings is 1. The molecule has 12 nitrogen and oxygen atoms in total. The number of carbonyl (C=O) groups excluding carboxylic acids is 1. The summed E-state index contributed by atoms with van der Waals surface area (Å²) in [4.78, 5) is 46.8. The Morgan fingerprint density at radius 3 is 2.44 bits per heavy atom. The molecule has 0 radical (unpaired) electrons. The summed E-state index contributed by atoms with van der Waals surface area (Å²) in [5.74, 6) is -0.368. The van der Waals surface area contributed by atoms with Gasteiger partial charge in [0.2, 0.25) is 5.69 Å². The quantitative estimate of drug-likeness (QED) is 0.119. The molecule has 0 unspecified atom stereocenters. The summed E-state index contributed by atoms with van der Waals surface area (Å²) in [6.07, 6.45) is 7.44. The number of nitrogens with zero attached hydrogens (tertiary/aromatic N) is 5. The molecule has 1 aliphatic rings. The highest BCUT2D eigenvalue weighted by atomic mass is 79.9. The predicted molar refractivity (Wildman–Crippen MR) is 200 cm³/mol. The molecule has 1 saturated heterocycles. The van der Waals surface area contributed by atoms with E-state index in [4.69, 9.17) is 14.2 Å². The van der Waals surface area contributed by atoms with E-state index >= 15 is 4.39 Å². The monoisotopic (exact) mass is 774 g/mol. The third kappa shape index (κ3) is 8.51. The van der Waals surface area contributed by atoms with Crippen LogP contribution in [0.3, 0.4) is 0 Å². The second kappa shape index (κ2) is 17.0. The highest BCUT2D eigenvalue weighted by Gasteiger charge is 2.21. The number of carbonyl (C=O) groups is 1. The second-order valence-electron chi connectivity index (χ2n) is 12.5. The highest BCUT2D eigenvalue weighted by molar-refractivity contribution is 9.10. The van der Waals surface area contributed by atoms with Crippen molar-refractivity contribution in [3.05, 3.63) is 104 Å². The van der Waals surface area contributed by atoms with Crippen LogP contribution < -0.4 is 30.8 Å². The van der Waals surface area contributed by atoms with Gasteiger partial charge in [-0.2, -0.15) is 9.78 Å². The number of likely N-dealkylation sites (tertiary alicyclic amines) is 1. The van der Waals surface area contributed by atoms with Crippen LogP contribution in [0.1, 0.15) is 55.9 Å². The fourth-order valence-corrected chi connectivity index (χ4v) is 6.30. The van der Waals surface area contributed by atoms with Gasteiger partial charge in [0.15, 0.2) is 23.1 Å². The summed E-state index contributed by atoms with van der Waals surface area (Å²) in [5.41, 5.74) is -1.02. The molecule has 1 N–H and O–H groups in total. The van der Waals surface area contributed by atoms with Gasteiger partial charge in [-0.25, -0.2) is 9.18 Å². The number of pyridine rings is 1. The number of halogens is 2. The summed E-state index contributed by atoms with van der Waals surface area (Å²) in [5, 5.41) is 7.26. The number of unbranched alkanes of at least 4 members (excludes halogenated alkanes) is 1. The molecule has 3 aromatic carbocycles. The van der Waals surface area contributed by atoms with E-state index in [0.717, 1.165) is 52.3 Å². The number of benzene rings is 3. The van der Waals surface area contributed by atoms with Crippen LogP contribution >= 0.6 is 15.9 Å². The molecule has 0 saturated carbocycles. The number of fused-ring (bicyclic) bond motifs is 1. The molecular weight excluding hydrogens is 735 g/mol. The summed E-state index contributed by atoms with van der Waals surface area (Å²) in [6, 6.07) is 15.7. The molecule has 0 spiro atoms. The van der Waals surface area contributed by atoms with Crippen LogP contribution in [0, 0.1) is 5.82 Å². The standard InChI is InChI=1S/C38H40BrFN6O6/c1-3-4-20-45-37(48)35(43-46(38(45)49)27-12-9-25(39)10-13-27)36(47)42-26-11-14-32(29(40)22-26)52-31-15-16-41-30-24-33(50-2)34(23-28(30)31)51-21-8-19-44-17-6-5-7-18-44/h9-16,22-24H,3-8,17-21H2,1-2H3,(H,42,47). The Kier molecular flexibility index (Phi) is 12.0. The van der Waals surface area contributed by atoms with Gasteiger partial charge in [0, 0.05) is 47.0 Å². The number of methoxy groups -OCH3 is 1. The number of rotatable bonds is 14. The number of hydrogen-bond donors (Lipinski definition) is 1. The molecule has 1 amide bonds. The Morgan fingerprint density at radius 1 is 0.923 bits per heavy atom. The van der Waals surface area contributed by atoms with Gasteiger partial charge in [0.1, 0.15) is 5.75 Å². The van der Waals surface area contributed by atoms with Crippen molar-refractivity contribution in [2.75, 3.05) is 38.7 Å². The third-order valence-electron chi connectivity index (χ3n) is 8.80. The van der Waals surface area contributed by atoms with Gasteiger partial charge in [-0.1, -0.05) is 35.7 Å². The Hall–Kier alpha value is -5.08. The predicted octanol–water partition coefficient (Wildman–Crippen LogP) is 6.95. The minimum absolute atomic E-state index is 0.0575. The van der Waals surface area contributed by atoms with E-state index in [2.05, 4.69) is 36.2 Å². The van der Waals surface area contributed by atoms with Gasteiger partial charge in [0.05, 0.1) is 24.9 Å². The van der Waals surface area contributed by atoms with Gasteiger partial charge in [0.25, 0.3) is 11.5 Å². The smallest absolute Gasteiger partial charge is 0.352 e. The van der Waals surface area contributed by atoms with Crippen LogP contribution in [-0.4, -0.2) is 63.5 Å². The molecule has 3 heterocycles. The first-order chi connectivity index (χ1) is 25.2. The Bertz CT molecular complexity index is 2170. The zero-order valence-electron chi connectivity index (χ0n) is 29.1. The van der Waals surface area contributed by atoms with Gasteiger partial charge in [-0.3, -0.25) is 19.1 Å². The van der Waals surface area contributed by atoms with Crippen molar-refractivity contribution < 1.29 is 23.4 Å². The number of ether oxygens (including phenoxy) is 3. The number of anilines is 1. The van der Waals surface area contributed by atoms with Crippen LogP contribution in [0.2, 0.25) is 0 Å². The Balaban J connectivity index is 1.20. The summed E-state index contributed by atoms with van der Waals surface area (Å²) >= 11 is 3.36. The van der Waals surface area contributed by atoms with E-state index in [0.29, 0.717) is 46.9 Å². The van der Waals surface area contributed by atoms with E-state index in [1.807, 2.05) is 6.92 Å². The first-order valence-electron chi connectivity index (χ1n) is 17.4. The minimum Gasteiger partial charge on any atom is -0.493 e. The van der Waals surface area contributed by atoms with Gasteiger partial charge in [-0.15, -0.1) is 0 Å². The first kappa shape index (κ1) is 36.7. The number of amides is 1. The lowest BCUT2D eigenvalue weighted by Crippen LogP contribution is -2.44. The summed E-state index contributed by atoms with van der Waals surface area (Å²) in [6.45, 7) is 5.75. The summed E-state index contributed by atoms with van der Waals surface area (Å²) in [7, 11) is 1.56. The molecule has 6 rings (SSSR count). The second-order valence-corrected chi connectivity index (χ2v) is 13.4. The average molecular weight is 776 g/mol. The largest absolute Gasteiger partial charge is 0.493 e. The molecule has 0 atom stereocenters. The maximum absolute atomic E-state index is 15.5. The highest BCUT2D eigenvalue weighted by Crippen LogP contribution is 2.38. The molecule has 14 heteroatoms. The maximum atomic E-state index is 15.5. The molecule has 0 bridgehead atoms. The van der Waals surface area contributed by atoms with Crippen molar-refractivity contribution in [1.82, 2.24) is 24.2 Å². The fourth-order valence-electron chi connectivity index (χ4n) is 6.03. The minimum atomic E-state index is -0.897. The zero-order chi connectivity index (χ0) is 36.6. The van der Waals surface area contributed by atoms with Crippen molar-refractivity contribution in [3.8, 4) is 28.7 Å². The third-order valence-corrected chi connectivity index (χ3v) is 9.33. The fraction of sp³-hybridized carbons (Fsp3) is 0.342. The van der Waals surface area contributed by atoms with Crippen LogP contribution in [0.15, 0.2) is 80.9 Å². The topological polar surface area (TPSA) is 130 Å². The average Bonchev–Trinajstić information content (AvgIpc) is 3.15. The van der Waals surface area contributed by atoms with Gasteiger partial charge >= 0.3 is 5.69 Å². The van der Waals surface area contributed by atoms with Gasteiger partial charge < -0.3 is 24.4 Å². The normalized spacial score (nSPS) is 13.2. The van der Waals surface area contributed by atoms with Crippen molar-refractivity contribution in [1.29, 1.82) is 0 Å². The Morgan fingerprint density at radius 2 is 1.71 bits per heavy atom. The Labute approximate surface area is 308 Å². The molecular formula is C38H40BrFN6O6. The lowest BCUT2D eigenvalue weighted by Gasteiger charge is -2.26. The van der Waals surface area contributed by atoms with E-state index < -0.39 is 28.7 Å². The summed E-state index contributed by atoms with van der Waals surface area (Å²) < 4.78 is 36.0. The molecule has 272 valence electrons. The van der Waals surface area contributed by atoms with Crippen LogP contribution in [0.4, 0.5) is 10.1 Å². The number of hydrogen-bond acceptors (Lipinski definition) is 9. The molecule has 0 aliphatic carbocycles. The molecule has 1 fully saturated rings. The van der Waals surface area contributed by atoms with E-state index in [9.17, 15) is 14.4 Å². The van der Waals surface area contributed by atoms with Crippen molar-refractivity contribution in [2.24, 2.45) is 0 Å². The first-order valence-corrected chi connectivity index (χ1v) is 18.2. The van der Waals surface area contributed by atoms with E-state index in [1.54, 1.807) is 55.8 Å². The van der Waals surface area contributed by atoms with Crippen LogP contribution in [0.5, 0.6) is 23.0 Å². The number of aromatic nitrogens is 4. The van der Waals surface area contributed by atoms with Crippen molar-refractivity contribution >= 4 is 38.4 Å². The molecule has 2 aromatic heterocycles. The van der Waals surface area contributed by atoms with E-state index in [1.165, 1.54) is 31.4 Å². The zero-order valence-corrected chi connectivity index (χ0v) is 30.7. The van der Waals surface area contributed by atoms with Crippen LogP contribution in [0.25, 0.3) is 16.6 Å². The lowest BCUT2D eigenvalue weighted by atomic mass is 10.1.